The zero-order valence-corrected chi connectivity index (χ0v) is 9.06. The van der Waals surface area contributed by atoms with E-state index in [9.17, 15) is 9.59 Å². The highest BCUT2D eigenvalue weighted by molar-refractivity contribution is 6.40. The summed E-state index contributed by atoms with van der Waals surface area (Å²) in [6.07, 6.45) is 0. The van der Waals surface area contributed by atoms with Gasteiger partial charge < -0.3 is 9.64 Å². The molecule has 6 nitrogen and oxygen atoms in total. The Kier molecular flexibility index (Phi) is 3.84. The number of methoxy groups -OCH3 is 1. The summed E-state index contributed by atoms with van der Waals surface area (Å²) in [6, 6.07) is 6.72. The van der Waals surface area contributed by atoms with Gasteiger partial charge in [0.1, 0.15) is 5.75 Å². The number of likely N-dealkylation sites (N-methyl/N-ethyl adjacent to an activating group) is 1. The molecule has 0 spiro atoms. The topological polar surface area (TPSA) is 84.7 Å². The van der Waals surface area contributed by atoms with Crippen molar-refractivity contribution in [1.29, 1.82) is 0 Å². The molecule has 0 fully saturated rings. The van der Waals surface area contributed by atoms with Crippen LogP contribution in [0.2, 0.25) is 0 Å². The Morgan fingerprint density at radius 1 is 1.31 bits per heavy atom. The first-order valence-corrected chi connectivity index (χ1v) is 4.53. The molecular weight excluding hydrogens is 210 g/mol. The quantitative estimate of drug-likeness (QED) is 0.310. The number of nitrogens with one attached hydrogen (secondary N) is 1. The molecule has 3 N–H and O–H groups in total. The fraction of sp³-hybridized carbons (Fsp3) is 0.200. The number of hydrazine groups is 1. The number of ether oxygens (including phenoxy) is 1. The first-order chi connectivity index (χ1) is 7.60. The fourth-order valence-electron chi connectivity index (χ4n) is 1.14. The maximum atomic E-state index is 11.4. The van der Waals surface area contributed by atoms with E-state index in [4.69, 9.17) is 10.6 Å². The van der Waals surface area contributed by atoms with Crippen LogP contribution in [-0.4, -0.2) is 26.0 Å². The molecule has 0 saturated carbocycles. The minimum atomic E-state index is -0.863. The van der Waals surface area contributed by atoms with Crippen LogP contribution in [0.3, 0.4) is 0 Å². The first-order valence-electron chi connectivity index (χ1n) is 4.53. The lowest BCUT2D eigenvalue weighted by atomic mass is 10.3. The molecular formula is C10H13N3O3. The molecule has 0 bridgehead atoms. The summed E-state index contributed by atoms with van der Waals surface area (Å²) < 4.78 is 4.98. The van der Waals surface area contributed by atoms with Crippen LogP contribution in [0.15, 0.2) is 24.3 Å². The van der Waals surface area contributed by atoms with Crippen LogP contribution in [0.25, 0.3) is 0 Å². The molecule has 0 saturated heterocycles. The number of hydrogen-bond acceptors (Lipinski definition) is 4. The highest BCUT2D eigenvalue weighted by atomic mass is 16.5. The number of hydrogen-bond donors (Lipinski definition) is 2. The van der Waals surface area contributed by atoms with Gasteiger partial charge in [-0.25, -0.2) is 5.84 Å². The van der Waals surface area contributed by atoms with Crippen molar-refractivity contribution in [3.05, 3.63) is 24.3 Å². The minimum absolute atomic E-state index is 0.578. The van der Waals surface area contributed by atoms with E-state index >= 15 is 0 Å². The lowest BCUT2D eigenvalue weighted by Crippen LogP contribution is -2.44. The van der Waals surface area contributed by atoms with Gasteiger partial charge in [0.2, 0.25) is 0 Å². The van der Waals surface area contributed by atoms with Gasteiger partial charge in [0.25, 0.3) is 0 Å². The van der Waals surface area contributed by atoms with Crippen LogP contribution in [0.4, 0.5) is 5.69 Å². The van der Waals surface area contributed by atoms with E-state index < -0.39 is 11.8 Å². The number of anilines is 1. The molecule has 1 aromatic rings. The van der Waals surface area contributed by atoms with Crippen LogP contribution in [0.5, 0.6) is 5.75 Å². The standard InChI is InChI=1S/C10H13N3O3/c1-13(10(15)9(14)12-11)7-3-5-8(16-2)6-4-7/h3-6H,11H2,1-2H3,(H,12,14). The van der Waals surface area contributed by atoms with Crippen molar-refractivity contribution in [3.8, 4) is 5.75 Å². The smallest absolute Gasteiger partial charge is 0.323 e. The summed E-state index contributed by atoms with van der Waals surface area (Å²) in [5, 5.41) is 0. The van der Waals surface area contributed by atoms with E-state index in [-0.39, 0.29) is 0 Å². The van der Waals surface area contributed by atoms with Gasteiger partial charge in [0, 0.05) is 12.7 Å². The zero-order valence-electron chi connectivity index (χ0n) is 9.06. The summed E-state index contributed by atoms with van der Waals surface area (Å²) in [7, 11) is 3.03. The largest absolute Gasteiger partial charge is 0.497 e. The Labute approximate surface area is 92.9 Å². The maximum Gasteiger partial charge on any atom is 0.323 e. The molecule has 0 radical (unpaired) electrons. The maximum absolute atomic E-state index is 11.4. The van der Waals surface area contributed by atoms with Gasteiger partial charge in [-0.2, -0.15) is 0 Å². The molecule has 0 aliphatic heterocycles. The lowest BCUT2D eigenvalue weighted by molar-refractivity contribution is -0.137. The summed E-state index contributed by atoms with van der Waals surface area (Å²) in [5.41, 5.74) is 2.36. The van der Waals surface area contributed by atoms with Crippen LogP contribution in [0.1, 0.15) is 0 Å². The van der Waals surface area contributed by atoms with Crippen molar-refractivity contribution in [1.82, 2.24) is 5.43 Å². The van der Waals surface area contributed by atoms with E-state index in [1.54, 1.807) is 36.8 Å². The Morgan fingerprint density at radius 3 is 2.31 bits per heavy atom. The molecule has 1 aromatic carbocycles. The molecule has 6 heteroatoms. The molecule has 0 aliphatic carbocycles. The van der Waals surface area contributed by atoms with Crippen molar-refractivity contribution in [2.24, 2.45) is 5.84 Å². The van der Waals surface area contributed by atoms with Crippen molar-refractivity contribution in [2.75, 3.05) is 19.1 Å². The molecule has 0 aliphatic rings. The molecule has 2 amide bonds. The molecule has 16 heavy (non-hydrogen) atoms. The van der Waals surface area contributed by atoms with Crippen molar-refractivity contribution in [2.45, 2.75) is 0 Å². The van der Waals surface area contributed by atoms with Gasteiger partial charge in [0.05, 0.1) is 7.11 Å². The van der Waals surface area contributed by atoms with Gasteiger partial charge in [0.15, 0.2) is 0 Å². The van der Waals surface area contributed by atoms with Gasteiger partial charge in [-0.15, -0.1) is 0 Å². The Bertz CT molecular complexity index is 389. The molecule has 1 rings (SSSR count). The average Bonchev–Trinajstić information content (AvgIpc) is 2.36. The number of rotatable bonds is 2. The summed E-state index contributed by atoms with van der Waals surface area (Å²) >= 11 is 0. The third-order valence-electron chi connectivity index (χ3n) is 2.09. The third kappa shape index (κ3) is 2.48. The second-order valence-electron chi connectivity index (χ2n) is 3.04. The van der Waals surface area contributed by atoms with Crippen LogP contribution < -0.4 is 20.9 Å². The van der Waals surface area contributed by atoms with Crippen molar-refractivity contribution < 1.29 is 14.3 Å². The van der Waals surface area contributed by atoms with E-state index in [1.807, 2.05) is 0 Å². The van der Waals surface area contributed by atoms with Gasteiger partial charge in [-0.1, -0.05) is 0 Å². The molecule has 0 heterocycles. The Hall–Kier alpha value is -2.08. The SMILES string of the molecule is COc1ccc(N(C)C(=O)C(=O)NN)cc1. The molecule has 0 aromatic heterocycles. The predicted octanol–water partition coefficient (Wildman–Crippen LogP) is -0.352. The normalized spacial score (nSPS) is 9.44. The number of nitrogens with two attached hydrogens (primary N) is 1. The monoisotopic (exact) mass is 223 g/mol. The summed E-state index contributed by atoms with van der Waals surface area (Å²) in [6.45, 7) is 0. The Morgan fingerprint density at radius 2 is 1.88 bits per heavy atom. The van der Waals surface area contributed by atoms with Gasteiger partial charge in [-0.3, -0.25) is 15.0 Å². The van der Waals surface area contributed by atoms with Crippen LogP contribution in [0, 0.1) is 0 Å². The number of carbonyl (C=O) groups is 2. The fourth-order valence-corrected chi connectivity index (χ4v) is 1.14. The highest BCUT2D eigenvalue weighted by Crippen LogP contribution is 2.17. The second-order valence-corrected chi connectivity index (χ2v) is 3.04. The van der Waals surface area contributed by atoms with E-state index in [1.165, 1.54) is 11.9 Å². The van der Waals surface area contributed by atoms with Gasteiger partial charge in [-0.05, 0) is 24.3 Å². The predicted molar refractivity (Wildman–Crippen MR) is 58.7 cm³/mol. The molecule has 0 unspecified atom stereocenters. The van der Waals surface area contributed by atoms with E-state index in [0.29, 0.717) is 11.4 Å². The molecule has 0 atom stereocenters. The second kappa shape index (κ2) is 5.13. The number of benzene rings is 1. The van der Waals surface area contributed by atoms with E-state index in [0.717, 1.165) is 0 Å². The van der Waals surface area contributed by atoms with Crippen molar-refractivity contribution >= 4 is 17.5 Å². The van der Waals surface area contributed by atoms with Crippen molar-refractivity contribution in [3.63, 3.8) is 0 Å². The average molecular weight is 223 g/mol. The Balaban J connectivity index is 2.83. The minimum Gasteiger partial charge on any atom is -0.497 e. The van der Waals surface area contributed by atoms with Crippen LogP contribution >= 0.6 is 0 Å². The third-order valence-corrected chi connectivity index (χ3v) is 2.09. The van der Waals surface area contributed by atoms with Gasteiger partial charge >= 0.3 is 11.8 Å². The molecule has 86 valence electrons. The first kappa shape index (κ1) is 12.0. The number of nitrogens with zero attached hydrogens (tertiary/aromatic N) is 1. The van der Waals surface area contributed by atoms with Crippen LogP contribution in [-0.2, 0) is 9.59 Å². The highest BCUT2D eigenvalue weighted by Gasteiger charge is 2.18. The van der Waals surface area contributed by atoms with E-state index in [2.05, 4.69) is 0 Å². The zero-order chi connectivity index (χ0) is 12.1. The number of amides is 2. The summed E-state index contributed by atoms with van der Waals surface area (Å²) in [5.74, 6) is 3.95. The summed E-state index contributed by atoms with van der Waals surface area (Å²) in [4.78, 5) is 23.6. The lowest BCUT2D eigenvalue weighted by Gasteiger charge is -2.16. The number of carbonyl (C=O) groups excluding carboxylic acids is 2.